The minimum Gasteiger partial charge on any atom is -0.444 e. The Balaban J connectivity index is 1.78. The highest BCUT2D eigenvalue weighted by Crippen LogP contribution is 2.19. The van der Waals surface area contributed by atoms with Crippen LogP contribution in [0.3, 0.4) is 0 Å². The summed E-state index contributed by atoms with van der Waals surface area (Å²) in [6.45, 7) is 4.78. The SMILES string of the molecule is CC(C)CN(C[C@@H](O)C(Cc1ccccc1)NC(=O)O[C@H]1CCOC1)S(=O)(=O)c1ccccc1. The first-order valence-corrected chi connectivity index (χ1v) is 13.0. The van der Waals surface area contributed by atoms with Crippen molar-refractivity contribution in [3.8, 4) is 0 Å². The minimum atomic E-state index is -3.83. The molecule has 3 atom stereocenters. The summed E-state index contributed by atoms with van der Waals surface area (Å²) in [7, 11) is -3.83. The molecule has 0 spiro atoms. The van der Waals surface area contributed by atoms with Gasteiger partial charge >= 0.3 is 6.09 Å². The number of aliphatic hydroxyl groups is 1. The van der Waals surface area contributed by atoms with E-state index in [-0.39, 0.29) is 30.0 Å². The number of alkyl carbamates (subject to hydrolysis) is 1. The molecule has 1 aliphatic heterocycles. The van der Waals surface area contributed by atoms with Gasteiger partial charge in [0.2, 0.25) is 10.0 Å². The highest BCUT2D eigenvalue weighted by molar-refractivity contribution is 7.89. The lowest BCUT2D eigenvalue weighted by molar-refractivity contribution is 0.0644. The van der Waals surface area contributed by atoms with Crippen LogP contribution in [0.2, 0.25) is 0 Å². The zero-order valence-corrected chi connectivity index (χ0v) is 20.5. The number of hydrogen-bond donors (Lipinski definition) is 2. The molecule has 0 saturated carbocycles. The molecule has 1 fully saturated rings. The number of rotatable bonds is 11. The molecule has 9 heteroatoms. The summed E-state index contributed by atoms with van der Waals surface area (Å²) in [5, 5.41) is 13.9. The lowest BCUT2D eigenvalue weighted by Gasteiger charge is -2.30. The Morgan fingerprint density at radius 2 is 1.76 bits per heavy atom. The number of hydrogen-bond acceptors (Lipinski definition) is 6. The smallest absolute Gasteiger partial charge is 0.407 e. The van der Waals surface area contributed by atoms with E-state index in [4.69, 9.17) is 9.47 Å². The number of ether oxygens (including phenoxy) is 2. The van der Waals surface area contributed by atoms with Crippen LogP contribution in [0.1, 0.15) is 25.8 Å². The average molecular weight is 491 g/mol. The molecule has 2 aromatic rings. The standard InChI is InChI=1S/C25H34N2O6S/c1-19(2)16-27(34(30,31)22-11-7-4-8-12-22)17-24(28)23(15-20-9-5-3-6-10-20)26-25(29)33-21-13-14-32-18-21/h3-12,19,21,23-24,28H,13-18H2,1-2H3,(H,26,29)/t21-,23?,24+/m0/s1. The molecule has 186 valence electrons. The van der Waals surface area contributed by atoms with Crippen LogP contribution in [0.25, 0.3) is 0 Å². The molecule has 0 radical (unpaired) electrons. The van der Waals surface area contributed by atoms with Crippen molar-refractivity contribution in [2.45, 2.75) is 49.8 Å². The van der Waals surface area contributed by atoms with Gasteiger partial charge in [0, 0.05) is 19.5 Å². The number of nitrogens with zero attached hydrogens (tertiary/aromatic N) is 1. The summed E-state index contributed by atoms with van der Waals surface area (Å²) in [4.78, 5) is 12.7. The fraction of sp³-hybridized carbons (Fsp3) is 0.480. The Morgan fingerprint density at radius 1 is 1.12 bits per heavy atom. The number of aliphatic hydroxyl groups excluding tert-OH is 1. The van der Waals surface area contributed by atoms with Crippen LogP contribution in [0.5, 0.6) is 0 Å². The number of nitrogens with one attached hydrogen (secondary N) is 1. The van der Waals surface area contributed by atoms with Gasteiger partial charge in [-0.25, -0.2) is 13.2 Å². The fourth-order valence-corrected chi connectivity index (χ4v) is 5.49. The fourth-order valence-electron chi connectivity index (χ4n) is 3.85. The van der Waals surface area contributed by atoms with Gasteiger partial charge < -0.3 is 19.9 Å². The van der Waals surface area contributed by atoms with Crippen LogP contribution in [0.15, 0.2) is 65.6 Å². The van der Waals surface area contributed by atoms with E-state index in [0.29, 0.717) is 26.1 Å². The third-order valence-electron chi connectivity index (χ3n) is 5.57. The maximum Gasteiger partial charge on any atom is 0.407 e. The molecule has 34 heavy (non-hydrogen) atoms. The van der Waals surface area contributed by atoms with Crippen molar-refractivity contribution in [3.63, 3.8) is 0 Å². The Kier molecular flexibility index (Phi) is 9.46. The third kappa shape index (κ3) is 7.53. The van der Waals surface area contributed by atoms with Gasteiger partial charge in [0.05, 0.1) is 30.3 Å². The van der Waals surface area contributed by atoms with Crippen molar-refractivity contribution in [2.24, 2.45) is 5.92 Å². The molecular weight excluding hydrogens is 456 g/mol. The average Bonchev–Trinajstić information content (AvgIpc) is 3.32. The van der Waals surface area contributed by atoms with Gasteiger partial charge in [-0.3, -0.25) is 0 Å². The van der Waals surface area contributed by atoms with Crippen molar-refractivity contribution in [1.29, 1.82) is 0 Å². The summed E-state index contributed by atoms with van der Waals surface area (Å²) < 4.78 is 38.6. The first-order chi connectivity index (χ1) is 16.3. The number of amides is 1. The normalized spacial score (nSPS) is 18.1. The molecule has 1 heterocycles. The van der Waals surface area contributed by atoms with Gasteiger partial charge in [0.25, 0.3) is 0 Å². The zero-order chi connectivity index (χ0) is 24.6. The van der Waals surface area contributed by atoms with Gasteiger partial charge in [-0.05, 0) is 30.0 Å². The first kappa shape index (κ1) is 26.2. The van der Waals surface area contributed by atoms with Gasteiger partial charge in [0.1, 0.15) is 6.10 Å². The second kappa shape index (κ2) is 12.3. The Morgan fingerprint density at radius 3 is 2.35 bits per heavy atom. The highest BCUT2D eigenvalue weighted by atomic mass is 32.2. The van der Waals surface area contributed by atoms with E-state index in [9.17, 15) is 18.3 Å². The van der Waals surface area contributed by atoms with E-state index in [1.54, 1.807) is 18.2 Å². The van der Waals surface area contributed by atoms with Crippen LogP contribution in [-0.4, -0.2) is 68.5 Å². The van der Waals surface area contributed by atoms with Crippen LogP contribution in [0, 0.1) is 5.92 Å². The largest absolute Gasteiger partial charge is 0.444 e. The molecule has 1 aliphatic rings. The van der Waals surface area contributed by atoms with E-state index in [1.807, 2.05) is 44.2 Å². The second-order valence-electron chi connectivity index (χ2n) is 8.93. The van der Waals surface area contributed by atoms with Crippen molar-refractivity contribution in [1.82, 2.24) is 9.62 Å². The number of sulfonamides is 1. The molecule has 0 bridgehead atoms. The van der Waals surface area contributed by atoms with E-state index in [0.717, 1.165) is 5.56 Å². The minimum absolute atomic E-state index is 0.0403. The van der Waals surface area contributed by atoms with Crippen LogP contribution in [0.4, 0.5) is 4.79 Å². The lowest BCUT2D eigenvalue weighted by Crippen LogP contribution is -2.51. The van der Waals surface area contributed by atoms with Crippen molar-refractivity contribution < 1.29 is 27.8 Å². The molecule has 1 unspecified atom stereocenters. The van der Waals surface area contributed by atoms with E-state index < -0.39 is 28.3 Å². The Labute approximate surface area is 201 Å². The number of carbonyl (C=O) groups excluding carboxylic acids is 1. The van der Waals surface area contributed by atoms with Crippen molar-refractivity contribution in [2.75, 3.05) is 26.3 Å². The monoisotopic (exact) mass is 490 g/mol. The van der Waals surface area contributed by atoms with E-state index in [1.165, 1.54) is 16.4 Å². The van der Waals surface area contributed by atoms with Crippen LogP contribution < -0.4 is 5.32 Å². The molecule has 1 amide bonds. The van der Waals surface area contributed by atoms with Crippen LogP contribution >= 0.6 is 0 Å². The summed E-state index contributed by atoms with van der Waals surface area (Å²) in [6.07, 6.45) is -1.21. The molecule has 2 aromatic carbocycles. The second-order valence-corrected chi connectivity index (χ2v) is 10.9. The van der Waals surface area contributed by atoms with E-state index >= 15 is 0 Å². The van der Waals surface area contributed by atoms with Crippen LogP contribution in [-0.2, 0) is 25.9 Å². The van der Waals surface area contributed by atoms with Gasteiger partial charge in [-0.1, -0.05) is 62.4 Å². The van der Waals surface area contributed by atoms with Crippen molar-refractivity contribution in [3.05, 3.63) is 66.2 Å². The van der Waals surface area contributed by atoms with Crippen molar-refractivity contribution >= 4 is 16.1 Å². The molecule has 0 aliphatic carbocycles. The molecule has 0 aromatic heterocycles. The Hall–Kier alpha value is -2.46. The lowest BCUT2D eigenvalue weighted by atomic mass is 10.0. The Bertz CT molecular complexity index is 995. The third-order valence-corrected chi connectivity index (χ3v) is 7.41. The van der Waals surface area contributed by atoms with E-state index in [2.05, 4.69) is 5.32 Å². The van der Waals surface area contributed by atoms with Gasteiger partial charge in [-0.2, -0.15) is 4.31 Å². The van der Waals surface area contributed by atoms with Gasteiger partial charge in [-0.15, -0.1) is 0 Å². The first-order valence-electron chi connectivity index (χ1n) is 11.6. The molecule has 8 nitrogen and oxygen atoms in total. The maximum atomic E-state index is 13.3. The maximum absolute atomic E-state index is 13.3. The summed E-state index contributed by atoms with van der Waals surface area (Å²) in [6, 6.07) is 16.8. The zero-order valence-electron chi connectivity index (χ0n) is 19.7. The predicted molar refractivity (Wildman–Crippen MR) is 129 cm³/mol. The summed E-state index contributed by atoms with van der Waals surface area (Å²) in [5.41, 5.74) is 0.900. The molecule has 3 rings (SSSR count). The number of carbonyl (C=O) groups is 1. The predicted octanol–water partition coefficient (Wildman–Crippen LogP) is 2.82. The summed E-state index contributed by atoms with van der Waals surface area (Å²) in [5.74, 6) is 0.0403. The molecule has 1 saturated heterocycles. The summed E-state index contributed by atoms with van der Waals surface area (Å²) >= 11 is 0. The number of benzene rings is 2. The molecule has 2 N–H and O–H groups in total. The highest BCUT2D eigenvalue weighted by Gasteiger charge is 2.32. The quantitative estimate of drug-likeness (QED) is 0.502. The van der Waals surface area contributed by atoms with Gasteiger partial charge in [0.15, 0.2) is 0 Å². The topological polar surface area (TPSA) is 105 Å². The molecular formula is C25H34N2O6S.